The van der Waals surface area contributed by atoms with E-state index in [-0.39, 0.29) is 6.03 Å². The summed E-state index contributed by atoms with van der Waals surface area (Å²) in [6.45, 7) is 3.99. The maximum absolute atomic E-state index is 12.3. The van der Waals surface area contributed by atoms with Gasteiger partial charge in [0.1, 0.15) is 10.8 Å². The maximum Gasteiger partial charge on any atom is 0.322 e. The number of hydrogen-bond acceptors (Lipinski definition) is 6. The third-order valence-corrected chi connectivity index (χ3v) is 6.33. The SMILES string of the molecule is COc1ccc(-c2csc(CN3CCN(C(=O)Nc4cccs4)CC3)n2)cc1. The number of amides is 2. The Morgan fingerprint density at radius 2 is 1.93 bits per heavy atom. The number of methoxy groups -OCH3 is 1. The lowest BCUT2D eigenvalue weighted by Gasteiger charge is -2.34. The predicted molar refractivity (Wildman–Crippen MR) is 114 cm³/mol. The van der Waals surface area contributed by atoms with Crippen LogP contribution < -0.4 is 10.1 Å². The third kappa shape index (κ3) is 4.52. The van der Waals surface area contributed by atoms with Gasteiger partial charge in [0.2, 0.25) is 0 Å². The van der Waals surface area contributed by atoms with Gasteiger partial charge in [0, 0.05) is 37.1 Å². The largest absolute Gasteiger partial charge is 0.497 e. The van der Waals surface area contributed by atoms with Gasteiger partial charge in [-0.1, -0.05) is 0 Å². The average molecular weight is 415 g/mol. The second kappa shape index (κ2) is 8.72. The number of anilines is 1. The van der Waals surface area contributed by atoms with Crippen molar-refractivity contribution in [3.8, 4) is 17.0 Å². The molecule has 4 rings (SSSR count). The van der Waals surface area contributed by atoms with Crippen LogP contribution in [0.15, 0.2) is 47.2 Å². The average Bonchev–Trinajstić information content (AvgIpc) is 3.41. The van der Waals surface area contributed by atoms with Crippen molar-refractivity contribution in [1.82, 2.24) is 14.8 Å². The first-order valence-corrected chi connectivity index (χ1v) is 10.9. The fourth-order valence-corrected chi connectivity index (χ4v) is 4.56. The number of benzene rings is 1. The van der Waals surface area contributed by atoms with Crippen LogP contribution in [0.4, 0.5) is 9.80 Å². The van der Waals surface area contributed by atoms with E-state index in [1.807, 2.05) is 46.7 Å². The van der Waals surface area contributed by atoms with Crippen molar-refractivity contribution in [3.05, 3.63) is 52.2 Å². The molecule has 2 amide bonds. The van der Waals surface area contributed by atoms with Crippen LogP contribution in [0, 0.1) is 0 Å². The van der Waals surface area contributed by atoms with Crippen LogP contribution in [-0.2, 0) is 6.54 Å². The number of nitrogens with one attached hydrogen (secondary N) is 1. The molecule has 28 heavy (non-hydrogen) atoms. The van der Waals surface area contributed by atoms with Gasteiger partial charge in [-0.05, 0) is 41.8 Å². The van der Waals surface area contributed by atoms with E-state index in [1.165, 1.54) is 11.3 Å². The molecule has 3 heterocycles. The number of urea groups is 1. The van der Waals surface area contributed by atoms with Gasteiger partial charge in [0.25, 0.3) is 0 Å². The molecule has 1 fully saturated rings. The van der Waals surface area contributed by atoms with Crippen molar-refractivity contribution in [3.63, 3.8) is 0 Å². The van der Waals surface area contributed by atoms with Gasteiger partial charge in [0.15, 0.2) is 0 Å². The smallest absolute Gasteiger partial charge is 0.322 e. The van der Waals surface area contributed by atoms with Crippen molar-refractivity contribution in [1.29, 1.82) is 0 Å². The first-order valence-electron chi connectivity index (χ1n) is 9.12. The highest BCUT2D eigenvalue weighted by atomic mass is 32.1. The highest BCUT2D eigenvalue weighted by molar-refractivity contribution is 7.14. The molecular formula is C20H22N4O2S2. The lowest BCUT2D eigenvalue weighted by Crippen LogP contribution is -2.49. The summed E-state index contributed by atoms with van der Waals surface area (Å²) in [6.07, 6.45) is 0. The number of thiazole rings is 1. The molecule has 0 radical (unpaired) electrons. The van der Waals surface area contributed by atoms with Crippen LogP contribution in [0.1, 0.15) is 5.01 Å². The second-order valence-corrected chi connectivity index (χ2v) is 8.42. The molecule has 1 aliphatic rings. The van der Waals surface area contributed by atoms with Gasteiger partial charge < -0.3 is 9.64 Å². The standard InChI is InChI=1S/C20H22N4O2S2/c1-26-16-6-4-15(5-7-16)17-14-28-19(21-17)13-23-8-10-24(11-9-23)20(25)22-18-3-2-12-27-18/h2-7,12,14H,8-11,13H2,1H3,(H,22,25). The van der Waals surface area contributed by atoms with E-state index < -0.39 is 0 Å². The number of thiophene rings is 1. The minimum atomic E-state index is -0.0156. The molecule has 3 aromatic rings. The zero-order valence-corrected chi connectivity index (χ0v) is 17.3. The first kappa shape index (κ1) is 18.9. The van der Waals surface area contributed by atoms with Gasteiger partial charge in [-0.2, -0.15) is 0 Å². The van der Waals surface area contributed by atoms with Gasteiger partial charge in [-0.25, -0.2) is 9.78 Å². The normalized spacial score (nSPS) is 14.8. The van der Waals surface area contributed by atoms with Gasteiger partial charge >= 0.3 is 6.03 Å². The van der Waals surface area contributed by atoms with Gasteiger partial charge in [-0.15, -0.1) is 22.7 Å². The van der Waals surface area contributed by atoms with Crippen molar-refractivity contribution in [2.75, 3.05) is 38.6 Å². The van der Waals surface area contributed by atoms with Crippen LogP contribution in [0.2, 0.25) is 0 Å². The predicted octanol–water partition coefficient (Wildman–Crippen LogP) is 4.23. The molecular weight excluding hydrogens is 392 g/mol. The van der Waals surface area contributed by atoms with Crippen LogP contribution in [-0.4, -0.2) is 54.1 Å². The monoisotopic (exact) mass is 414 g/mol. The Morgan fingerprint density at radius 3 is 2.61 bits per heavy atom. The summed E-state index contributed by atoms with van der Waals surface area (Å²) in [5, 5.41) is 9.00. The number of aromatic nitrogens is 1. The Morgan fingerprint density at radius 1 is 1.14 bits per heavy atom. The zero-order valence-electron chi connectivity index (χ0n) is 15.6. The molecule has 6 nitrogen and oxygen atoms in total. The quantitative estimate of drug-likeness (QED) is 0.679. The van der Waals surface area contributed by atoms with Crippen molar-refractivity contribution in [2.45, 2.75) is 6.54 Å². The summed E-state index contributed by atoms with van der Waals surface area (Å²) in [7, 11) is 1.67. The minimum Gasteiger partial charge on any atom is -0.497 e. The lowest BCUT2D eigenvalue weighted by atomic mass is 10.2. The Kier molecular flexibility index (Phi) is 5.90. The van der Waals surface area contributed by atoms with Crippen molar-refractivity contribution in [2.24, 2.45) is 0 Å². The Labute approximate surface area is 172 Å². The van der Waals surface area contributed by atoms with E-state index in [2.05, 4.69) is 15.6 Å². The molecule has 0 unspecified atom stereocenters. The number of carbonyl (C=O) groups excluding carboxylic acids is 1. The van der Waals surface area contributed by atoms with Crippen LogP contribution in [0.5, 0.6) is 5.75 Å². The molecule has 146 valence electrons. The number of piperazine rings is 1. The van der Waals surface area contributed by atoms with Crippen LogP contribution >= 0.6 is 22.7 Å². The van der Waals surface area contributed by atoms with Crippen molar-refractivity contribution < 1.29 is 9.53 Å². The highest BCUT2D eigenvalue weighted by Crippen LogP contribution is 2.25. The summed E-state index contributed by atoms with van der Waals surface area (Å²) >= 11 is 3.22. The molecule has 2 aromatic heterocycles. The van der Waals surface area contributed by atoms with E-state index in [1.54, 1.807) is 18.4 Å². The Balaban J connectivity index is 1.29. The Bertz CT molecular complexity index is 901. The summed E-state index contributed by atoms with van der Waals surface area (Å²) < 4.78 is 5.21. The molecule has 0 saturated carbocycles. The van der Waals surface area contributed by atoms with E-state index in [9.17, 15) is 4.79 Å². The summed E-state index contributed by atoms with van der Waals surface area (Å²) in [5.74, 6) is 0.847. The fraction of sp³-hybridized carbons (Fsp3) is 0.300. The number of carbonyl (C=O) groups is 1. The second-order valence-electron chi connectivity index (χ2n) is 6.53. The zero-order chi connectivity index (χ0) is 19.3. The number of ether oxygens (including phenoxy) is 1. The number of rotatable bonds is 5. The molecule has 0 bridgehead atoms. The molecule has 1 aromatic carbocycles. The molecule has 0 spiro atoms. The molecule has 1 saturated heterocycles. The highest BCUT2D eigenvalue weighted by Gasteiger charge is 2.22. The van der Waals surface area contributed by atoms with Crippen LogP contribution in [0.3, 0.4) is 0 Å². The number of hydrogen-bond donors (Lipinski definition) is 1. The van der Waals surface area contributed by atoms with Crippen molar-refractivity contribution >= 4 is 33.7 Å². The molecule has 0 aliphatic carbocycles. The molecule has 1 aliphatic heterocycles. The van der Waals surface area contributed by atoms with Crippen LogP contribution in [0.25, 0.3) is 11.3 Å². The lowest BCUT2D eigenvalue weighted by molar-refractivity contribution is 0.143. The summed E-state index contributed by atoms with van der Waals surface area (Å²) in [6, 6.07) is 11.8. The van der Waals surface area contributed by atoms with E-state index in [0.717, 1.165) is 59.7 Å². The van der Waals surface area contributed by atoms with Gasteiger partial charge in [-0.3, -0.25) is 10.2 Å². The Hall–Kier alpha value is -2.42. The minimum absolute atomic E-state index is 0.0156. The van der Waals surface area contributed by atoms with E-state index in [4.69, 9.17) is 9.72 Å². The molecule has 8 heteroatoms. The molecule has 0 atom stereocenters. The summed E-state index contributed by atoms with van der Waals surface area (Å²) in [5.41, 5.74) is 2.09. The maximum atomic E-state index is 12.3. The fourth-order valence-electron chi connectivity index (χ4n) is 3.11. The van der Waals surface area contributed by atoms with E-state index in [0.29, 0.717) is 0 Å². The van der Waals surface area contributed by atoms with E-state index >= 15 is 0 Å². The van der Waals surface area contributed by atoms with Gasteiger partial charge in [0.05, 0.1) is 24.3 Å². The molecule has 1 N–H and O–H groups in total. The third-order valence-electron chi connectivity index (χ3n) is 4.71. The first-order chi connectivity index (χ1) is 13.7. The summed E-state index contributed by atoms with van der Waals surface area (Å²) in [4.78, 5) is 21.3. The number of nitrogens with zero attached hydrogens (tertiary/aromatic N) is 3. The topological polar surface area (TPSA) is 57.7 Å².